The zero-order valence-corrected chi connectivity index (χ0v) is 17.8. The number of anilines is 2. The number of rotatable bonds is 4. The van der Waals surface area contributed by atoms with Crippen LogP contribution < -0.4 is 10.2 Å². The Morgan fingerprint density at radius 1 is 1.06 bits per heavy atom. The summed E-state index contributed by atoms with van der Waals surface area (Å²) in [6.07, 6.45) is 2.87. The molecule has 0 bridgehead atoms. The predicted octanol–water partition coefficient (Wildman–Crippen LogP) is 3.09. The van der Waals surface area contributed by atoms with Crippen molar-refractivity contribution in [2.75, 3.05) is 10.2 Å². The number of ketones is 1. The largest absolute Gasteiger partial charge is 0.375 e. The molecular weight excluding hydrogens is 408 g/mol. The molecule has 164 valence electrons. The molecule has 2 heterocycles. The van der Waals surface area contributed by atoms with E-state index in [0.29, 0.717) is 29.8 Å². The van der Waals surface area contributed by atoms with E-state index in [0.717, 1.165) is 18.4 Å². The van der Waals surface area contributed by atoms with Crippen molar-refractivity contribution in [2.24, 2.45) is 11.8 Å². The highest BCUT2D eigenvalue weighted by Gasteiger charge is 2.49. The normalized spacial score (nSPS) is 26.7. The second kappa shape index (κ2) is 7.38. The fraction of sp³-hybridized carbons (Fsp3) is 0.360. The lowest BCUT2D eigenvalue weighted by atomic mass is 9.81. The number of carbonyl (C=O) groups excluding carboxylic acids is 4. The van der Waals surface area contributed by atoms with Gasteiger partial charge in [-0.1, -0.05) is 42.7 Å². The van der Waals surface area contributed by atoms with Crippen molar-refractivity contribution < 1.29 is 24.3 Å². The number of imide groups is 1. The van der Waals surface area contributed by atoms with E-state index >= 15 is 0 Å². The Kier molecular flexibility index (Phi) is 4.74. The highest BCUT2D eigenvalue weighted by atomic mass is 16.3. The van der Waals surface area contributed by atoms with Crippen LogP contribution >= 0.6 is 0 Å². The summed E-state index contributed by atoms with van der Waals surface area (Å²) in [6.45, 7) is 1.84. The van der Waals surface area contributed by atoms with Gasteiger partial charge in [0, 0.05) is 16.8 Å². The third-order valence-corrected chi connectivity index (χ3v) is 6.93. The summed E-state index contributed by atoms with van der Waals surface area (Å²) in [4.78, 5) is 52.6. The van der Waals surface area contributed by atoms with E-state index in [2.05, 4.69) is 5.32 Å². The molecule has 7 nitrogen and oxygen atoms in total. The van der Waals surface area contributed by atoms with Crippen LogP contribution in [0.1, 0.15) is 53.6 Å². The van der Waals surface area contributed by atoms with Gasteiger partial charge < -0.3 is 10.4 Å². The van der Waals surface area contributed by atoms with Gasteiger partial charge in [0.25, 0.3) is 5.91 Å². The van der Waals surface area contributed by atoms with Crippen molar-refractivity contribution in [3.8, 4) is 0 Å². The van der Waals surface area contributed by atoms with Gasteiger partial charge in [-0.05, 0) is 38.0 Å². The van der Waals surface area contributed by atoms with E-state index in [-0.39, 0.29) is 29.2 Å². The molecule has 2 aromatic rings. The molecule has 2 fully saturated rings. The first kappa shape index (κ1) is 20.6. The van der Waals surface area contributed by atoms with Crippen molar-refractivity contribution in [3.05, 3.63) is 59.2 Å². The number of hydrogen-bond donors (Lipinski definition) is 2. The van der Waals surface area contributed by atoms with Crippen LogP contribution in [0.3, 0.4) is 0 Å². The summed E-state index contributed by atoms with van der Waals surface area (Å²) in [7, 11) is 0. The zero-order valence-electron chi connectivity index (χ0n) is 17.8. The lowest BCUT2D eigenvalue weighted by molar-refractivity contribution is -0.133. The molecule has 0 radical (unpaired) electrons. The maximum absolute atomic E-state index is 13.1. The summed E-state index contributed by atoms with van der Waals surface area (Å²) in [5.41, 5.74) is 0.352. The molecule has 2 aliphatic heterocycles. The molecule has 2 N–H and O–H groups in total. The number of carbonyl (C=O) groups is 4. The molecule has 7 heteroatoms. The maximum atomic E-state index is 13.1. The van der Waals surface area contributed by atoms with Crippen molar-refractivity contribution >= 4 is 34.9 Å². The highest BCUT2D eigenvalue weighted by Crippen LogP contribution is 2.41. The quantitative estimate of drug-likeness (QED) is 0.571. The smallest absolute Gasteiger partial charge is 0.261 e. The van der Waals surface area contributed by atoms with Crippen molar-refractivity contribution in [1.82, 2.24) is 0 Å². The molecule has 1 saturated carbocycles. The molecule has 0 aromatic heterocycles. The van der Waals surface area contributed by atoms with Gasteiger partial charge in [-0.2, -0.15) is 0 Å². The van der Waals surface area contributed by atoms with Crippen LogP contribution in [0, 0.1) is 18.8 Å². The number of aryl methyl sites for hydroxylation is 1. The first-order valence-corrected chi connectivity index (χ1v) is 11.0. The molecule has 3 atom stereocenters. The molecular formula is C25H24N2O5. The van der Waals surface area contributed by atoms with E-state index in [1.165, 1.54) is 11.0 Å². The fourth-order valence-corrected chi connectivity index (χ4v) is 5.20. The Morgan fingerprint density at radius 2 is 1.75 bits per heavy atom. The SMILES string of the molecule is Cc1ccc2c(c1)[C@](O)(CC(=O)c1cccc(N3C(=O)[C@H]4CCCC[C@H]4C3=O)c1)C(=O)N2. The minimum Gasteiger partial charge on any atom is -0.375 e. The molecule has 32 heavy (non-hydrogen) atoms. The first-order valence-electron chi connectivity index (χ1n) is 11.0. The molecule has 0 unspecified atom stereocenters. The van der Waals surface area contributed by atoms with Gasteiger partial charge in [0.15, 0.2) is 11.4 Å². The van der Waals surface area contributed by atoms with E-state index in [1.54, 1.807) is 30.3 Å². The Labute approximate surface area is 185 Å². The van der Waals surface area contributed by atoms with Crippen LogP contribution in [-0.4, -0.2) is 28.6 Å². The Bertz CT molecular complexity index is 1150. The van der Waals surface area contributed by atoms with Gasteiger partial charge in [-0.15, -0.1) is 0 Å². The van der Waals surface area contributed by atoms with E-state index in [1.807, 2.05) is 13.0 Å². The Balaban J connectivity index is 1.43. The van der Waals surface area contributed by atoms with Gasteiger partial charge in [0.1, 0.15) is 0 Å². The van der Waals surface area contributed by atoms with E-state index in [9.17, 15) is 24.3 Å². The van der Waals surface area contributed by atoms with E-state index < -0.39 is 23.7 Å². The van der Waals surface area contributed by atoms with Crippen LogP contribution in [-0.2, 0) is 20.0 Å². The minimum atomic E-state index is -1.97. The number of benzene rings is 2. The average Bonchev–Trinajstić information content (AvgIpc) is 3.18. The number of nitrogens with one attached hydrogen (secondary N) is 1. The molecule has 0 spiro atoms. The third-order valence-electron chi connectivity index (χ3n) is 6.93. The molecule has 3 aliphatic rings. The molecule has 3 amide bonds. The number of Topliss-reactive ketones (excluding diaryl/α,β-unsaturated/α-hetero) is 1. The number of fused-ring (bicyclic) bond motifs is 2. The Hall–Kier alpha value is -3.32. The number of hydrogen-bond acceptors (Lipinski definition) is 5. The second-order valence-corrected chi connectivity index (χ2v) is 9.02. The van der Waals surface area contributed by atoms with Gasteiger partial charge in [0.05, 0.1) is 23.9 Å². The van der Waals surface area contributed by atoms with Crippen molar-refractivity contribution in [2.45, 2.75) is 44.6 Å². The minimum absolute atomic E-state index is 0.206. The molecule has 1 aliphatic carbocycles. The van der Waals surface area contributed by atoms with Gasteiger partial charge in [0.2, 0.25) is 11.8 Å². The molecule has 1 saturated heterocycles. The number of amides is 3. The first-order chi connectivity index (χ1) is 15.3. The summed E-state index contributed by atoms with van der Waals surface area (Å²) < 4.78 is 0. The fourth-order valence-electron chi connectivity index (χ4n) is 5.20. The van der Waals surface area contributed by atoms with Crippen LogP contribution in [0.15, 0.2) is 42.5 Å². The summed E-state index contributed by atoms with van der Waals surface area (Å²) in [6, 6.07) is 11.5. The topological polar surface area (TPSA) is 104 Å². The van der Waals surface area contributed by atoms with E-state index in [4.69, 9.17) is 0 Å². The Morgan fingerprint density at radius 3 is 2.44 bits per heavy atom. The monoisotopic (exact) mass is 432 g/mol. The third kappa shape index (κ3) is 3.07. The van der Waals surface area contributed by atoms with Gasteiger partial charge >= 0.3 is 0 Å². The summed E-state index contributed by atoms with van der Waals surface area (Å²) >= 11 is 0. The van der Waals surface area contributed by atoms with Gasteiger partial charge in [-0.3, -0.25) is 24.1 Å². The van der Waals surface area contributed by atoms with Crippen LogP contribution in [0.4, 0.5) is 11.4 Å². The lowest BCUT2D eigenvalue weighted by Gasteiger charge is -2.21. The van der Waals surface area contributed by atoms with Crippen LogP contribution in [0.25, 0.3) is 0 Å². The van der Waals surface area contributed by atoms with Crippen LogP contribution in [0.5, 0.6) is 0 Å². The lowest BCUT2D eigenvalue weighted by Crippen LogP contribution is -2.36. The maximum Gasteiger partial charge on any atom is 0.261 e. The van der Waals surface area contributed by atoms with Gasteiger partial charge in [-0.25, -0.2) is 0 Å². The second-order valence-electron chi connectivity index (χ2n) is 9.02. The summed E-state index contributed by atoms with van der Waals surface area (Å²) in [5.74, 6) is -2.06. The van der Waals surface area contributed by atoms with Crippen molar-refractivity contribution in [3.63, 3.8) is 0 Å². The van der Waals surface area contributed by atoms with Crippen LogP contribution in [0.2, 0.25) is 0 Å². The molecule has 2 aromatic carbocycles. The molecule has 5 rings (SSSR count). The average molecular weight is 432 g/mol. The highest BCUT2D eigenvalue weighted by molar-refractivity contribution is 6.22. The summed E-state index contributed by atoms with van der Waals surface area (Å²) in [5, 5.41) is 13.8. The number of aliphatic hydroxyl groups is 1. The van der Waals surface area contributed by atoms with Crippen molar-refractivity contribution in [1.29, 1.82) is 0 Å². The predicted molar refractivity (Wildman–Crippen MR) is 117 cm³/mol. The number of nitrogens with zero attached hydrogens (tertiary/aromatic N) is 1. The standard InChI is InChI=1S/C25H24N2O5/c1-14-9-10-20-19(11-14)25(32,24(31)26-20)13-21(28)15-5-4-6-16(12-15)27-22(29)17-7-2-3-8-18(17)23(27)30/h4-6,9-12,17-18,32H,2-3,7-8,13H2,1H3,(H,26,31)/t17-,18+,25-/m1/s1. The zero-order chi connectivity index (χ0) is 22.6.